The van der Waals surface area contributed by atoms with E-state index in [-0.39, 0.29) is 0 Å². The molecule has 0 fully saturated rings. The van der Waals surface area contributed by atoms with Crippen molar-refractivity contribution in [3.63, 3.8) is 0 Å². The van der Waals surface area contributed by atoms with Crippen LogP contribution in [-0.4, -0.2) is 12.1 Å². The summed E-state index contributed by atoms with van der Waals surface area (Å²) in [6, 6.07) is 0. The van der Waals surface area contributed by atoms with Crippen molar-refractivity contribution in [2.75, 3.05) is 0 Å². The van der Waals surface area contributed by atoms with E-state index >= 15 is 0 Å². The lowest BCUT2D eigenvalue weighted by atomic mass is 10.2. The van der Waals surface area contributed by atoms with Crippen LogP contribution in [-0.2, 0) is 9.53 Å². The first-order valence-corrected chi connectivity index (χ1v) is 3.76. The van der Waals surface area contributed by atoms with Crippen LogP contribution in [0.1, 0.15) is 26.7 Å². The van der Waals surface area contributed by atoms with Gasteiger partial charge in [-0.3, -0.25) is 0 Å². The van der Waals surface area contributed by atoms with Crippen LogP contribution < -0.4 is 5.73 Å². The van der Waals surface area contributed by atoms with Gasteiger partial charge in [0, 0.05) is 5.57 Å². The third-order valence-electron chi connectivity index (χ3n) is 1.25. The Labute approximate surface area is 71.4 Å². The first-order chi connectivity index (χ1) is 5.57. The number of primary amides is 1. The number of carbonyl (C=O) groups excluding carboxylic acids is 2. The van der Waals surface area contributed by atoms with E-state index in [4.69, 9.17) is 0 Å². The van der Waals surface area contributed by atoms with Gasteiger partial charge < -0.3 is 10.5 Å². The fourth-order valence-corrected chi connectivity index (χ4v) is 0.616. The van der Waals surface area contributed by atoms with Crippen molar-refractivity contribution in [3.8, 4) is 0 Å². The van der Waals surface area contributed by atoms with Gasteiger partial charge in [0.1, 0.15) is 0 Å². The van der Waals surface area contributed by atoms with Gasteiger partial charge in [0.15, 0.2) is 0 Å². The minimum atomic E-state index is -1.07. The average Bonchev–Trinajstić information content (AvgIpc) is 1.98. The molecule has 0 saturated heterocycles. The molecule has 0 atom stereocenters. The highest BCUT2D eigenvalue weighted by Gasteiger charge is 2.07. The number of amides is 1. The molecule has 0 saturated carbocycles. The van der Waals surface area contributed by atoms with Gasteiger partial charge >= 0.3 is 12.1 Å². The van der Waals surface area contributed by atoms with Crippen LogP contribution in [0.2, 0.25) is 0 Å². The van der Waals surface area contributed by atoms with Gasteiger partial charge in [-0.15, -0.1) is 0 Å². The fourth-order valence-electron chi connectivity index (χ4n) is 0.616. The number of carbonyl (C=O) groups is 2. The van der Waals surface area contributed by atoms with E-state index in [1.807, 2.05) is 6.92 Å². The minimum absolute atomic E-state index is 0.413. The molecule has 12 heavy (non-hydrogen) atoms. The molecule has 0 aromatic rings. The second-order valence-corrected chi connectivity index (χ2v) is 2.38. The monoisotopic (exact) mass is 171 g/mol. The average molecular weight is 171 g/mol. The largest absolute Gasteiger partial charge is 0.412 e. The first-order valence-electron chi connectivity index (χ1n) is 3.76. The summed E-state index contributed by atoms with van der Waals surface area (Å²) < 4.78 is 4.14. The van der Waals surface area contributed by atoms with Crippen molar-refractivity contribution < 1.29 is 14.3 Å². The van der Waals surface area contributed by atoms with E-state index in [0.29, 0.717) is 5.57 Å². The van der Waals surface area contributed by atoms with Gasteiger partial charge in [-0.25, -0.2) is 9.59 Å². The van der Waals surface area contributed by atoms with E-state index in [0.717, 1.165) is 12.8 Å². The molecule has 4 heteroatoms. The Morgan fingerprint density at radius 3 is 2.50 bits per heavy atom. The molecule has 68 valence electrons. The van der Waals surface area contributed by atoms with Gasteiger partial charge in [-0.05, 0) is 13.3 Å². The van der Waals surface area contributed by atoms with E-state index in [1.165, 1.54) is 0 Å². The van der Waals surface area contributed by atoms with Gasteiger partial charge in [-0.1, -0.05) is 19.4 Å². The Hall–Kier alpha value is -1.32. The molecule has 0 aliphatic carbocycles. The van der Waals surface area contributed by atoms with E-state index in [2.05, 4.69) is 10.5 Å². The number of unbranched alkanes of at least 4 members (excludes halogenated alkanes) is 1. The normalized spacial score (nSPS) is 11.0. The SMILES string of the molecule is CCCC=C(C)C(=O)OC(N)=O. The van der Waals surface area contributed by atoms with Crippen LogP contribution in [0.25, 0.3) is 0 Å². The van der Waals surface area contributed by atoms with Crippen molar-refractivity contribution in [2.45, 2.75) is 26.7 Å². The van der Waals surface area contributed by atoms with E-state index in [9.17, 15) is 9.59 Å². The standard InChI is InChI=1S/C8H13NO3/c1-3-4-5-6(2)7(10)12-8(9)11/h5H,3-4H2,1-2H3,(H2,9,11). The predicted octanol–water partition coefficient (Wildman–Crippen LogP) is 1.35. The summed E-state index contributed by atoms with van der Waals surface area (Å²) in [5.74, 6) is -0.670. The zero-order chi connectivity index (χ0) is 9.56. The molecule has 0 radical (unpaired) electrons. The number of nitrogens with two attached hydrogens (primary N) is 1. The highest BCUT2D eigenvalue weighted by molar-refractivity contribution is 5.94. The van der Waals surface area contributed by atoms with Crippen molar-refractivity contribution in [1.29, 1.82) is 0 Å². The third kappa shape index (κ3) is 4.49. The second kappa shape index (κ2) is 5.35. The summed E-state index contributed by atoms with van der Waals surface area (Å²) in [4.78, 5) is 21.0. The molecule has 0 spiro atoms. The summed E-state index contributed by atoms with van der Waals surface area (Å²) in [5, 5.41) is 0. The van der Waals surface area contributed by atoms with Crippen molar-refractivity contribution >= 4 is 12.1 Å². The zero-order valence-electron chi connectivity index (χ0n) is 7.29. The lowest BCUT2D eigenvalue weighted by Crippen LogP contribution is -2.18. The number of esters is 1. The maximum atomic E-state index is 10.9. The van der Waals surface area contributed by atoms with E-state index < -0.39 is 12.1 Å². The highest BCUT2D eigenvalue weighted by Crippen LogP contribution is 2.00. The molecule has 0 unspecified atom stereocenters. The molecule has 0 heterocycles. The lowest BCUT2D eigenvalue weighted by Gasteiger charge is -1.98. The van der Waals surface area contributed by atoms with Crippen LogP contribution in [0.3, 0.4) is 0 Å². The molecular formula is C8H13NO3. The first kappa shape index (κ1) is 10.7. The Morgan fingerprint density at radius 1 is 1.50 bits per heavy atom. The highest BCUT2D eigenvalue weighted by atomic mass is 16.6. The van der Waals surface area contributed by atoms with Gasteiger partial charge in [-0.2, -0.15) is 0 Å². The summed E-state index contributed by atoms with van der Waals surface area (Å²) in [7, 11) is 0. The lowest BCUT2D eigenvalue weighted by molar-refractivity contribution is -0.132. The molecule has 4 nitrogen and oxygen atoms in total. The third-order valence-corrected chi connectivity index (χ3v) is 1.25. The summed E-state index contributed by atoms with van der Waals surface area (Å²) in [5.41, 5.74) is 5.06. The molecule has 0 aliphatic rings. The number of hydrogen-bond acceptors (Lipinski definition) is 3. The van der Waals surface area contributed by atoms with Crippen LogP contribution in [0.5, 0.6) is 0 Å². The molecule has 0 rings (SSSR count). The number of ether oxygens (including phenoxy) is 1. The predicted molar refractivity (Wildman–Crippen MR) is 44.3 cm³/mol. The topological polar surface area (TPSA) is 69.4 Å². The van der Waals surface area contributed by atoms with Crippen molar-refractivity contribution in [1.82, 2.24) is 0 Å². The molecular weight excluding hydrogens is 158 g/mol. The second-order valence-electron chi connectivity index (χ2n) is 2.38. The molecule has 0 aliphatic heterocycles. The van der Waals surface area contributed by atoms with Crippen molar-refractivity contribution in [2.24, 2.45) is 5.73 Å². The van der Waals surface area contributed by atoms with Crippen LogP contribution in [0, 0.1) is 0 Å². The maximum absolute atomic E-state index is 10.9. The van der Waals surface area contributed by atoms with Crippen LogP contribution in [0.4, 0.5) is 4.79 Å². The smallest absolute Gasteiger partial charge is 0.373 e. The van der Waals surface area contributed by atoms with E-state index in [1.54, 1.807) is 13.0 Å². The molecule has 1 amide bonds. The van der Waals surface area contributed by atoms with Crippen LogP contribution >= 0.6 is 0 Å². The van der Waals surface area contributed by atoms with Crippen LogP contribution in [0.15, 0.2) is 11.6 Å². The molecule has 2 N–H and O–H groups in total. The Balaban J connectivity index is 4.00. The Morgan fingerprint density at radius 2 is 2.08 bits per heavy atom. The summed E-state index contributed by atoms with van der Waals surface area (Å²) in [6.07, 6.45) is 2.39. The Kier molecular flexibility index (Phi) is 4.76. The Bertz CT molecular complexity index is 208. The quantitative estimate of drug-likeness (QED) is 0.396. The summed E-state index contributed by atoms with van der Waals surface area (Å²) >= 11 is 0. The van der Waals surface area contributed by atoms with Gasteiger partial charge in [0.25, 0.3) is 0 Å². The summed E-state index contributed by atoms with van der Waals surface area (Å²) in [6.45, 7) is 3.57. The number of hydrogen-bond donors (Lipinski definition) is 1. The number of rotatable bonds is 3. The molecule has 0 aromatic heterocycles. The van der Waals surface area contributed by atoms with Crippen molar-refractivity contribution in [3.05, 3.63) is 11.6 Å². The zero-order valence-corrected chi connectivity index (χ0v) is 7.29. The molecule has 0 aromatic carbocycles. The number of allylic oxidation sites excluding steroid dienone is 1. The maximum Gasteiger partial charge on any atom is 0.412 e. The van der Waals surface area contributed by atoms with Gasteiger partial charge in [0.05, 0.1) is 0 Å². The minimum Gasteiger partial charge on any atom is -0.373 e. The fraction of sp³-hybridized carbons (Fsp3) is 0.500. The molecule has 0 bridgehead atoms. The van der Waals surface area contributed by atoms with Gasteiger partial charge in [0.2, 0.25) is 0 Å².